The number of nitrogens with two attached hydrogens (primary N) is 1. The molecule has 1 heterocycles. The van der Waals surface area contributed by atoms with Crippen LogP contribution in [0.1, 0.15) is 30.9 Å². The molecule has 3 heteroatoms. The summed E-state index contributed by atoms with van der Waals surface area (Å²) in [5, 5.41) is 0. The largest absolute Gasteiger partial charge is 0.324 e. The Bertz CT molecular complexity index is 346. The van der Waals surface area contributed by atoms with Gasteiger partial charge in [0.15, 0.2) is 0 Å². The van der Waals surface area contributed by atoms with Crippen molar-refractivity contribution < 1.29 is 0 Å². The van der Waals surface area contributed by atoms with Gasteiger partial charge in [0, 0.05) is 19.1 Å². The lowest BCUT2D eigenvalue weighted by Crippen LogP contribution is -2.32. The summed E-state index contributed by atoms with van der Waals surface area (Å²) in [5.74, 6) is 0. The summed E-state index contributed by atoms with van der Waals surface area (Å²) in [4.78, 5) is 4.97. The van der Waals surface area contributed by atoms with Gasteiger partial charge in [-0.05, 0) is 51.5 Å². The van der Waals surface area contributed by atoms with E-state index in [-0.39, 0.29) is 6.04 Å². The van der Waals surface area contributed by atoms with Crippen LogP contribution < -0.4 is 5.73 Å². The predicted octanol–water partition coefficient (Wildman–Crippen LogP) is 2.10. The summed E-state index contributed by atoms with van der Waals surface area (Å²) < 4.78 is 0. The zero-order chi connectivity index (χ0) is 13.5. The van der Waals surface area contributed by atoms with E-state index in [9.17, 15) is 0 Å². The SMILES string of the molecule is CN(CCC(N)c1ccccc1)CCN1CCCC1. The van der Waals surface area contributed by atoms with Crippen LogP contribution in [0, 0.1) is 0 Å². The van der Waals surface area contributed by atoms with Crippen molar-refractivity contribution in [3.63, 3.8) is 0 Å². The maximum absolute atomic E-state index is 6.22. The van der Waals surface area contributed by atoms with E-state index in [4.69, 9.17) is 5.73 Å². The third-order valence-corrected chi connectivity index (χ3v) is 4.05. The van der Waals surface area contributed by atoms with Crippen LogP contribution in [0.15, 0.2) is 30.3 Å². The van der Waals surface area contributed by atoms with Gasteiger partial charge < -0.3 is 15.5 Å². The first kappa shape index (κ1) is 14.5. The average Bonchev–Trinajstić information content (AvgIpc) is 2.96. The Kier molecular flexibility index (Phi) is 5.83. The lowest BCUT2D eigenvalue weighted by molar-refractivity contribution is 0.251. The highest BCUT2D eigenvalue weighted by atomic mass is 15.2. The summed E-state index contributed by atoms with van der Waals surface area (Å²) in [6, 6.07) is 10.6. The second-order valence-corrected chi connectivity index (χ2v) is 5.66. The lowest BCUT2D eigenvalue weighted by Gasteiger charge is -2.22. The molecule has 3 nitrogen and oxygen atoms in total. The normalized spacial score (nSPS) is 18.1. The molecule has 19 heavy (non-hydrogen) atoms. The smallest absolute Gasteiger partial charge is 0.0307 e. The molecular formula is C16H27N3. The van der Waals surface area contributed by atoms with Gasteiger partial charge in [-0.2, -0.15) is 0 Å². The van der Waals surface area contributed by atoms with Crippen LogP contribution in [0.3, 0.4) is 0 Å². The number of rotatable bonds is 7. The third kappa shape index (κ3) is 4.94. The van der Waals surface area contributed by atoms with E-state index < -0.39 is 0 Å². The fraction of sp³-hybridized carbons (Fsp3) is 0.625. The van der Waals surface area contributed by atoms with E-state index in [1.807, 2.05) is 6.07 Å². The number of hydrogen-bond donors (Lipinski definition) is 1. The second-order valence-electron chi connectivity index (χ2n) is 5.66. The minimum atomic E-state index is 0.162. The molecule has 0 aromatic heterocycles. The van der Waals surface area contributed by atoms with E-state index in [1.54, 1.807) is 0 Å². The van der Waals surface area contributed by atoms with Crippen molar-refractivity contribution in [2.75, 3.05) is 39.8 Å². The molecule has 1 fully saturated rings. The zero-order valence-corrected chi connectivity index (χ0v) is 12.1. The Labute approximate surface area is 117 Å². The minimum absolute atomic E-state index is 0.162. The summed E-state index contributed by atoms with van der Waals surface area (Å²) >= 11 is 0. The molecule has 1 aromatic rings. The Morgan fingerprint density at radius 1 is 1.16 bits per heavy atom. The zero-order valence-electron chi connectivity index (χ0n) is 12.1. The molecule has 1 aromatic carbocycles. The van der Waals surface area contributed by atoms with Crippen LogP contribution in [0.5, 0.6) is 0 Å². The Morgan fingerprint density at radius 2 is 1.84 bits per heavy atom. The van der Waals surface area contributed by atoms with Crippen LogP contribution in [-0.4, -0.2) is 49.6 Å². The Hall–Kier alpha value is -0.900. The van der Waals surface area contributed by atoms with Gasteiger partial charge in [0.1, 0.15) is 0 Å². The quantitative estimate of drug-likeness (QED) is 0.816. The van der Waals surface area contributed by atoms with E-state index in [2.05, 4.69) is 41.1 Å². The van der Waals surface area contributed by atoms with Crippen LogP contribution in [0.2, 0.25) is 0 Å². The number of nitrogens with zero attached hydrogens (tertiary/aromatic N) is 2. The van der Waals surface area contributed by atoms with Gasteiger partial charge in [-0.25, -0.2) is 0 Å². The van der Waals surface area contributed by atoms with E-state index in [0.29, 0.717) is 0 Å². The van der Waals surface area contributed by atoms with Crippen molar-refractivity contribution in [1.82, 2.24) is 9.80 Å². The molecule has 2 N–H and O–H groups in total. The van der Waals surface area contributed by atoms with Gasteiger partial charge in [0.05, 0.1) is 0 Å². The topological polar surface area (TPSA) is 32.5 Å². The lowest BCUT2D eigenvalue weighted by atomic mass is 10.0. The van der Waals surface area contributed by atoms with Crippen molar-refractivity contribution >= 4 is 0 Å². The first-order valence-corrected chi connectivity index (χ1v) is 7.47. The molecular weight excluding hydrogens is 234 g/mol. The molecule has 1 aliphatic rings. The molecule has 0 saturated carbocycles. The molecule has 1 aliphatic heterocycles. The molecule has 0 aliphatic carbocycles. The molecule has 106 valence electrons. The molecule has 0 spiro atoms. The first-order chi connectivity index (χ1) is 9.25. The fourth-order valence-corrected chi connectivity index (χ4v) is 2.66. The predicted molar refractivity (Wildman–Crippen MR) is 81.2 cm³/mol. The summed E-state index contributed by atoms with van der Waals surface area (Å²) in [5.41, 5.74) is 7.47. The molecule has 2 rings (SSSR count). The second kappa shape index (κ2) is 7.63. The van der Waals surface area contributed by atoms with Gasteiger partial charge in [-0.1, -0.05) is 30.3 Å². The molecule has 1 saturated heterocycles. The van der Waals surface area contributed by atoms with Crippen molar-refractivity contribution in [1.29, 1.82) is 0 Å². The van der Waals surface area contributed by atoms with Gasteiger partial charge in [-0.15, -0.1) is 0 Å². The monoisotopic (exact) mass is 261 g/mol. The highest BCUT2D eigenvalue weighted by molar-refractivity contribution is 5.18. The maximum atomic E-state index is 6.22. The summed E-state index contributed by atoms with van der Waals surface area (Å²) in [6.45, 7) is 6.01. The van der Waals surface area contributed by atoms with Crippen molar-refractivity contribution in [2.24, 2.45) is 5.73 Å². The average molecular weight is 261 g/mol. The standard InChI is InChI=1S/C16H27N3/c1-18(13-14-19-10-5-6-11-19)12-9-16(17)15-7-3-2-4-8-15/h2-4,7-8,16H,5-6,9-14,17H2,1H3. The number of hydrogen-bond acceptors (Lipinski definition) is 3. The fourth-order valence-electron chi connectivity index (χ4n) is 2.66. The first-order valence-electron chi connectivity index (χ1n) is 7.47. The molecule has 0 bridgehead atoms. The van der Waals surface area contributed by atoms with E-state index >= 15 is 0 Å². The molecule has 1 unspecified atom stereocenters. The minimum Gasteiger partial charge on any atom is -0.324 e. The molecule has 0 radical (unpaired) electrons. The highest BCUT2D eigenvalue weighted by Crippen LogP contribution is 2.13. The molecule has 0 amide bonds. The maximum Gasteiger partial charge on any atom is 0.0307 e. The third-order valence-electron chi connectivity index (χ3n) is 4.05. The Balaban J connectivity index is 1.64. The van der Waals surface area contributed by atoms with Crippen LogP contribution >= 0.6 is 0 Å². The van der Waals surface area contributed by atoms with Crippen LogP contribution in [0.25, 0.3) is 0 Å². The Morgan fingerprint density at radius 3 is 2.53 bits per heavy atom. The van der Waals surface area contributed by atoms with Gasteiger partial charge >= 0.3 is 0 Å². The van der Waals surface area contributed by atoms with Gasteiger partial charge in [0.25, 0.3) is 0 Å². The van der Waals surface area contributed by atoms with E-state index in [0.717, 1.165) is 19.5 Å². The van der Waals surface area contributed by atoms with Crippen molar-refractivity contribution in [3.8, 4) is 0 Å². The van der Waals surface area contributed by atoms with Crippen molar-refractivity contribution in [3.05, 3.63) is 35.9 Å². The number of likely N-dealkylation sites (tertiary alicyclic amines) is 1. The van der Waals surface area contributed by atoms with Crippen LogP contribution in [0.4, 0.5) is 0 Å². The highest BCUT2D eigenvalue weighted by Gasteiger charge is 2.12. The number of benzene rings is 1. The van der Waals surface area contributed by atoms with Crippen molar-refractivity contribution in [2.45, 2.75) is 25.3 Å². The van der Waals surface area contributed by atoms with Crippen LogP contribution in [-0.2, 0) is 0 Å². The van der Waals surface area contributed by atoms with E-state index in [1.165, 1.54) is 38.0 Å². The summed E-state index contributed by atoms with van der Waals surface area (Å²) in [7, 11) is 2.20. The molecule has 1 atom stereocenters. The van der Waals surface area contributed by atoms with Gasteiger partial charge in [-0.3, -0.25) is 0 Å². The summed E-state index contributed by atoms with van der Waals surface area (Å²) in [6.07, 6.45) is 3.78. The number of likely N-dealkylation sites (N-methyl/N-ethyl adjacent to an activating group) is 1. The van der Waals surface area contributed by atoms with Gasteiger partial charge in [0.2, 0.25) is 0 Å².